The topological polar surface area (TPSA) is 45.5 Å². The number of fused-ring (bicyclic) bond motifs is 1. The summed E-state index contributed by atoms with van der Waals surface area (Å²) in [6, 6.07) is 6.32. The molecule has 2 aromatic heterocycles. The molecule has 0 fully saturated rings. The SMILES string of the molecule is ON=Cc1cc2c(s1)CCC(Cc1cccnc1)C2. The standard InChI is InChI=1S/C15H16N2OS/c18-17-10-14-8-13-7-11(3-4-15(13)19-14)6-12-2-1-5-16-9-12/h1-2,5,8-11,18H,3-4,6-7H2. The van der Waals surface area contributed by atoms with Gasteiger partial charge in [0.25, 0.3) is 0 Å². The summed E-state index contributed by atoms with van der Waals surface area (Å²) in [6.07, 6.45) is 9.92. The summed E-state index contributed by atoms with van der Waals surface area (Å²) < 4.78 is 0. The van der Waals surface area contributed by atoms with Crippen LogP contribution in [0.3, 0.4) is 0 Å². The predicted molar refractivity (Wildman–Crippen MR) is 77.2 cm³/mol. The van der Waals surface area contributed by atoms with Gasteiger partial charge in [0.05, 0.1) is 6.21 Å². The van der Waals surface area contributed by atoms with Crippen molar-refractivity contribution < 1.29 is 5.21 Å². The molecular weight excluding hydrogens is 256 g/mol. The zero-order valence-corrected chi connectivity index (χ0v) is 11.4. The highest BCUT2D eigenvalue weighted by molar-refractivity contribution is 7.13. The first kappa shape index (κ1) is 12.4. The summed E-state index contributed by atoms with van der Waals surface area (Å²) in [5.41, 5.74) is 2.75. The lowest BCUT2D eigenvalue weighted by molar-refractivity contribution is 0.322. The molecule has 0 bridgehead atoms. The smallest absolute Gasteiger partial charge is 0.0833 e. The molecule has 1 N–H and O–H groups in total. The van der Waals surface area contributed by atoms with Crippen LogP contribution in [-0.2, 0) is 19.3 Å². The molecule has 1 aliphatic carbocycles. The minimum atomic E-state index is 0.699. The fourth-order valence-electron chi connectivity index (χ4n) is 2.77. The molecule has 98 valence electrons. The van der Waals surface area contributed by atoms with E-state index in [2.05, 4.69) is 22.3 Å². The molecular formula is C15H16N2OS. The summed E-state index contributed by atoms with van der Waals surface area (Å²) in [5.74, 6) is 0.699. The maximum absolute atomic E-state index is 8.60. The third kappa shape index (κ3) is 2.84. The van der Waals surface area contributed by atoms with E-state index in [1.165, 1.54) is 28.6 Å². The summed E-state index contributed by atoms with van der Waals surface area (Å²) in [4.78, 5) is 6.69. The molecule has 0 saturated heterocycles. The molecule has 0 aliphatic heterocycles. The van der Waals surface area contributed by atoms with Gasteiger partial charge in [-0.1, -0.05) is 11.2 Å². The van der Waals surface area contributed by atoms with Crippen LogP contribution in [0.15, 0.2) is 35.7 Å². The van der Waals surface area contributed by atoms with Crippen molar-refractivity contribution in [1.82, 2.24) is 4.98 Å². The minimum absolute atomic E-state index is 0.699. The van der Waals surface area contributed by atoms with Crippen molar-refractivity contribution in [3.8, 4) is 0 Å². The minimum Gasteiger partial charge on any atom is -0.411 e. The van der Waals surface area contributed by atoms with Crippen molar-refractivity contribution in [1.29, 1.82) is 0 Å². The van der Waals surface area contributed by atoms with Crippen LogP contribution in [-0.4, -0.2) is 16.4 Å². The van der Waals surface area contributed by atoms with Crippen LogP contribution in [0.2, 0.25) is 0 Å². The number of rotatable bonds is 3. The Morgan fingerprint density at radius 3 is 3.26 bits per heavy atom. The van der Waals surface area contributed by atoms with Gasteiger partial charge in [0.2, 0.25) is 0 Å². The maximum atomic E-state index is 8.60. The number of aromatic nitrogens is 1. The van der Waals surface area contributed by atoms with E-state index in [0.717, 1.165) is 24.1 Å². The Morgan fingerprint density at radius 2 is 2.47 bits per heavy atom. The van der Waals surface area contributed by atoms with Crippen molar-refractivity contribution in [2.24, 2.45) is 11.1 Å². The van der Waals surface area contributed by atoms with E-state index in [9.17, 15) is 0 Å². The summed E-state index contributed by atoms with van der Waals surface area (Å²) >= 11 is 1.75. The van der Waals surface area contributed by atoms with Gasteiger partial charge in [-0.25, -0.2) is 0 Å². The monoisotopic (exact) mass is 272 g/mol. The van der Waals surface area contributed by atoms with Gasteiger partial charge in [0.15, 0.2) is 0 Å². The van der Waals surface area contributed by atoms with E-state index in [4.69, 9.17) is 5.21 Å². The van der Waals surface area contributed by atoms with Crippen LogP contribution < -0.4 is 0 Å². The third-order valence-corrected chi connectivity index (χ3v) is 4.81. The number of hydrogen-bond donors (Lipinski definition) is 1. The molecule has 0 aromatic carbocycles. The van der Waals surface area contributed by atoms with Gasteiger partial charge in [-0.15, -0.1) is 11.3 Å². The Morgan fingerprint density at radius 1 is 1.53 bits per heavy atom. The molecule has 0 spiro atoms. The van der Waals surface area contributed by atoms with Crippen LogP contribution in [0.25, 0.3) is 0 Å². The molecule has 19 heavy (non-hydrogen) atoms. The lowest BCUT2D eigenvalue weighted by Gasteiger charge is -2.21. The summed E-state index contributed by atoms with van der Waals surface area (Å²) in [7, 11) is 0. The van der Waals surface area contributed by atoms with E-state index in [-0.39, 0.29) is 0 Å². The Hall–Kier alpha value is -1.68. The second-order valence-electron chi connectivity index (χ2n) is 5.02. The van der Waals surface area contributed by atoms with Gasteiger partial charge in [-0.2, -0.15) is 0 Å². The Bertz CT molecular complexity index is 577. The first-order valence-electron chi connectivity index (χ1n) is 6.53. The summed E-state index contributed by atoms with van der Waals surface area (Å²) in [6.45, 7) is 0. The van der Waals surface area contributed by atoms with Gasteiger partial charge in [-0.05, 0) is 54.9 Å². The Kier molecular flexibility index (Phi) is 3.60. The first-order chi connectivity index (χ1) is 9.35. The lowest BCUT2D eigenvalue weighted by Crippen LogP contribution is -2.14. The van der Waals surface area contributed by atoms with Crippen molar-refractivity contribution in [2.75, 3.05) is 0 Å². The van der Waals surface area contributed by atoms with E-state index in [0.29, 0.717) is 5.92 Å². The Labute approximate surface area is 116 Å². The van der Waals surface area contributed by atoms with Gasteiger partial charge in [0.1, 0.15) is 0 Å². The normalized spacial score (nSPS) is 18.6. The molecule has 2 heterocycles. The molecule has 4 heteroatoms. The van der Waals surface area contributed by atoms with Crippen LogP contribution in [0.4, 0.5) is 0 Å². The molecule has 1 unspecified atom stereocenters. The van der Waals surface area contributed by atoms with Gasteiger partial charge in [-0.3, -0.25) is 4.98 Å². The quantitative estimate of drug-likeness (QED) is 0.529. The van der Waals surface area contributed by atoms with E-state index in [1.54, 1.807) is 11.3 Å². The van der Waals surface area contributed by atoms with Gasteiger partial charge >= 0.3 is 0 Å². The third-order valence-electron chi connectivity index (χ3n) is 3.64. The number of oxime groups is 1. The number of pyridine rings is 1. The fraction of sp³-hybridized carbons (Fsp3) is 0.333. The fourth-order valence-corrected chi connectivity index (χ4v) is 3.85. The largest absolute Gasteiger partial charge is 0.411 e. The van der Waals surface area contributed by atoms with E-state index < -0.39 is 0 Å². The molecule has 3 nitrogen and oxygen atoms in total. The average molecular weight is 272 g/mol. The predicted octanol–water partition coefficient (Wildman–Crippen LogP) is 3.30. The molecule has 0 amide bonds. The zero-order valence-electron chi connectivity index (χ0n) is 10.6. The molecule has 1 aliphatic rings. The highest BCUT2D eigenvalue weighted by Gasteiger charge is 2.21. The molecule has 2 aromatic rings. The van der Waals surface area contributed by atoms with E-state index in [1.807, 2.05) is 18.5 Å². The average Bonchev–Trinajstić information content (AvgIpc) is 2.82. The Balaban J connectivity index is 1.71. The highest BCUT2D eigenvalue weighted by atomic mass is 32.1. The number of hydrogen-bond acceptors (Lipinski definition) is 4. The highest BCUT2D eigenvalue weighted by Crippen LogP contribution is 2.33. The van der Waals surface area contributed by atoms with Crippen molar-refractivity contribution in [2.45, 2.75) is 25.7 Å². The molecule has 0 radical (unpaired) electrons. The zero-order chi connectivity index (χ0) is 13.1. The van der Waals surface area contributed by atoms with Crippen molar-refractivity contribution in [3.05, 3.63) is 51.5 Å². The molecule has 0 saturated carbocycles. The molecule has 3 rings (SSSR count). The number of thiophene rings is 1. The van der Waals surface area contributed by atoms with Crippen LogP contribution >= 0.6 is 11.3 Å². The van der Waals surface area contributed by atoms with E-state index >= 15 is 0 Å². The summed E-state index contributed by atoms with van der Waals surface area (Å²) in [5, 5.41) is 11.7. The number of aryl methyl sites for hydroxylation is 1. The lowest BCUT2D eigenvalue weighted by atomic mass is 9.84. The first-order valence-corrected chi connectivity index (χ1v) is 7.34. The van der Waals surface area contributed by atoms with Crippen LogP contribution in [0.5, 0.6) is 0 Å². The number of nitrogens with zero attached hydrogens (tertiary/aromatic N) is 2. The van der Waals surface area contributed by atoms with Crippen LogP contribution in [0, 0.1) is 5.92 Å². The van der Waals surface area contributed by atoms with Gasteiger partial charge in [0, 0.05) is 22.1 Å². The van der Waals surface area contributed by atoms with Crippen LogP contribution in [0.1, 0.15) is 27.3 Å². The van der Waals surface area contributed by atoms with Crippen molar-refractivity contribution >= 4 is 17.6 Å². The maximum Gasteiger partial charge on any atom is 0.0833 e. The van der Waals surface area contributed by atoms with Gasteiger partial charge < -0.3 is 5.21 Å². The second-order valence-corrected chi connectivity index (χ2v) is 6.18. The molecule has 1 atom stereocenters. The van der Waals surface area contributed by atoms with Crippen molar-refractivity contribution in [3.63, 3.8) is 0 Å². The second kappa shape index (κ2) is 5.53.